The number of nitrogens with one attached hydrogen (secondary N) is 1. The van der Waals surface area contributed by atoms with Gasteiger partial charge in [0.1, 0.15) is 0 Å². The lowest BCUT2D eigenvalue weighted by atomic mass is 10.0. The van der Waals surface area contributed by atoms with E-state index in [1.165, 1.54) is 12.8 Å². The molecule has 11 heavy (non-hydrogen) atoms. The maximum Gasteiger partial charge on any atom is 0.217 e. The van der Waals surface area contributed by atoms with Crippen LogP contribution < -0.4 is 5.32 Å². The molecule has 1 fully saturated rings. The van der Waals surface area contributed by atoms with Crippen molar-refractivity contribution in [1.29, 1.82) is 0 Å². The Kier molecular flexibility index (Phi) is 2.21. The average Bonchev–Trinajstić information content (AvgIpc) is 2.43. The number of amides is 1. The van der Waals surface area contributed by atoms with Crippen molar-refractivity contribution in [2.24, 2.45) is 5.92 Å². The maximum absolute atomic E-state index is 10.8. The molecular weight excluding hydrogens is 138 g/mol. The SMILES string of the molecule is CC(=O)NC1(CC(C)C)CC1. The van der Waals surface area contributed by atoms with Crippen molar-refractivity contribution in [2.45, 2.75) is 45.6 Å². The van der Waals surface area contributed by atoms with Gasteiger partial charge in [-0.15, -0.1) is 0 Å². The van der Waals surface area contributed by atoms with Crippen LogP contribution in [0.5, 0.6) is 0 Å². The molecule has 1 aliphatic carbocycles. The monoisotopic (exact) mass is 155 g/mol. The van der Waals surface area contributed by atoms with Crippen LogP contribution in [0.15, 0.2) is 0 Å². The minimum absolute atomic E-state index is 0.114. The van der Waals surface area contributed by atoms with Gasteiger partial charge < -0.3 is 5.32 Å². The highest BCUT2D eigenvalue weighted by Gasteiger charge is 2.43. The molecule has 0 radical (unpaired) electrons. The van der Waals surface area contributed by atoms with Crippen LogP contribution >= 0.6 is 0 Å². The molecule has 1 rings (SSSR count). The van der Waals surface area contributed by atoms with Gasteiger partial charge in [-0.2, -0.15) is 0 Å². The van der Waals surface area contributed by atoms with E-state index in [4.69, 9.17) is 0 Å². The summed E-state index contributed by atoms with van der Waals surface area (Å²) in [6.07, 6.45) is 3.47. The van der Waals surface area contributed by atoms with Crippen LogP contribution in [0.25, 0.3) is 0 Å². The Labute approximate surface area is 68.4 Å². The molecule has 1 N–H and O–H groups in total. The van der Waals surface area contributed by atoms with E-state index in [1.807, 2.05) is 0 Å². The molecule has 1 amide bonds. The molecule has 0 aromatic heterocycles. The van der Waals surface area contributed by atoms with Crippen molar-refractivity contribution in [1.82, 2.24) is 5.32 Å². The fraction of sp³-hybridized carbons (Fsp3) is 0.889. The van der Waals surface area contributed by atoms with Crippen LogP contribution in [0.2, 0.25) is 0 Å². The molecule has 0 heterocycles. The highest BCUT2D eigenvalue weighted by molar-refractivity contribution is 5.74. The second-order valence-corrected chi connectivity index (χ2v) is 4.06. The van der Waals surface area contributed by atoms with E-state index >= 15 is 0 Å². The van der Waals surface area contributed by atoms with Crippen LogP contribution in [0.4, 0.5) is 0 Å². The zero-order chi connectivity index (χ0) is 8.48. The molecule has 0 aromatic carbocycles. The molecule has 2 nitrogen and oxygen atoms in total. The van der Waals surface area contributed by atoms with Gasteiger partial charge in [-0.25, -0.2) is 0 Å². The third-order valence-corrected chi connectivity index (χ3v) is 2.09. The van der Waals surface area contributed by atoms with E-state index in [9.17, 15) is 4.79 Å². The first-order valence-corrected chi connectivity index (χ1v) is 4.33. The van der Waals surface area contributed by atoms with E-state index in [1.54, 1.807) is 6.92 Å². The summed E-state index contributed by atoms with van der Waals surface area (Å²) in [6, 6.07) is 0. The second kappa shape index (κ2) is 2.84. The molecule has 0 bridgehead atoms. The fourth-order valence-corrected chi connectivity index (χ4v) is 1.69. The number of rotatable bonds is 3. The van der Waals surface area contributed by atoms with Gasteiger partial charge in [0.05, 0.1) is 0 Å². The molecular formula is C9H17NO. The quantitative estimate of drug-likeness (QED) is 0.660. The molecule has 64 valence electrons. The summed E-state index contributed by atoms with van der Waals surface area (Å²) < 4.78 is 0. The lowest BCUT2D eigenvalue weighted by molar-refractivity contribution is -0.120. The van der Waals surface area contributed by atoms with Crippen LogP contribution in [-0.4, -0.2) is 11.4 Å². The van der Waals surface area contributed by atoms with Crippen LogP contribution in [-0.2, 0) is 4.79 Å². The molecule has 0 aromatic rings. The Hall–Kier alpha value is -0.530. The zero-order valence-electron chi connectivity index (χ0n) is 7.61. The molecule has 0 spiro atoms. The molecule has 0 atom stereocenters. The van der Waals surface area contributed by atoms with E-state index in [2.05, 4.69) is 19.2 Å². The Morgan fingerprint density at radius 1 is 1.55 bits per heavy atom. The highest BCUT2D eigenvalue weighted by atomic mass is 16.1. The summed E-state index contributed by atoms with van der Waals surface area (Å²) >= 11 is 0. The number of hydrogen-bond donors (Lipinski definition) is 1. The van der Waals surface area contributed by atoms with Crippen molar-refractivity contribution < 1.29 is 4.79 Å². The summed E-state index contributed by atoms with van der Waals surface area (Å²) in [5, 5.41) is 3.02. The summed E-state index contributed by atoms with van der Waals surface area (Å²) in [4.78, 5) is 10.8. The van der Waals surface area contributed by atoms with Crippen molar-refractivity contribution in [3.63, 3.8) is 0 Å². The molecule has 0 saturated heterocycles. The largest absolute Gasteiger partial charge is 0.351 e. The van der Waals surface area contributed by atoms with Gasteiger partial charge in [0, 0.05) is 12.5 Å². The molecule has 2 heteroatoms. The first-order chi connectivity index (χ1) is 5.04. The number of carbonyl (C=O) groups excluding carboxylic acids is 1. The Balaban J connectivity index is 2.35. The van der Waals surface area contributed by atoms with Crippen molar-refractivity contribution in [2.75, 3.05) is 0 Å². The van der Waals surface area contributed by atoms with Crippen molar-refractivity contribution in [3.05, 3.63) is 0 Å². The van der Waals surface area contributed by atoms with Gasteiger partial charge in [-0.1, -0.05) is 13.8 Å². The Bertz CT molecular complexity index is 159. The van der Waals surface area contributed by atoms with Gasteiger partial charge in [-0.05, 0) is 25.2 Å². The van der Waals surface area contributed by atoms with Gasteiger partial charge in [-0.3, -0.25) is 4.79 Å². The summed E-state index contributed by atoms with van der Waals surface area (Å²) in [5.74, 6) is 0.799. The first kappa shape index (κ1) is 8.57. The van der Waals surface area contributed by atoms with Gasteiger partial charge >= 0.3 is 0 Å². The Morgan fingerprint density at radius 2 is 2.09 bits per heavy atom. The lowest BCUT2D eigenvalue weighted by Gasteiger charge is -2.17. The molecule has 0 aliphatic heterocycles. The van der Waals surface area contributed by atoms with E-state index in [-0.39, 0.29) is 11.4 Å². The Morgan fingerprint density at radius 3 is 2.36 bits per heavy atom. The van der Waals surface area contributed by atoms with Crippen LogP contribution in [0.3, 0.4) is 0 Å². The lowest BCUT2D eigenvalue weighted by Crippen LogP contribution is -2.36. The van der Waals surface area contributed by atoms with Crippen molar-refractivity contribution >= 4 is 5.91 Å². The average molecular weight is 155 g/mol. The van der Waals surface area contributed by atoms with E-state index < -0.39 is 0 Å². The zero-order valence-corrected chi connectivity index (χ0v) is 7.61. The third-order valence-electron chi connectivity index (χ3n) is 2.09. The van der Waals surface area contributed by atoms with E-state index in [0.717, 1.165) is 6.42 Å². The number of hydrogen-bond acceptors (Lipinski definition) is 1. The minimum atomic E-state index is 0.114. The number of carbonyl (C=O) groups is 1. The van der Waals surface area contributed by atoms with Crippen LogP contribution in [0, 0.1) is 5.92 Å². The minimum Gasteiger partial charge on any atom is -0.351 e. The summed E-state index contributed by atoms with van der Waals surface area (Å²) in [7, 11) is 0. The second-order valence-electron chi connectivity index (χ2n) is 4.06. The summed E-state index contributed by atoms with van der Waals surface area (Å²) in [6.45, 7) is 5.99. The molecule has 0 unspecified atom stereocenters. The first-order valence-electron chi connectivity index (χ1n) is 4.33. The maximum atomic E-state index is 10.8. The summed E-state index contributed by atoms with van der Waals surface area (Å²) in [5.41, 5.74) is 0.194. The smallest absolute Gasteiger partial charge is 0.217 e. The molecule has 1 aliphatic rings. The predicted molar refractivity (Wildman–Crippen MR) is 45.2 cm³/mol. The molecule has 1 saturated carbocycles. The van der Waals surface area contributed by atoms with Gasteiger partial charge in [0.15, 0.2) is 0 Å². The topological polar surface area (TPSA) is 29.1 Å². The van der Waals surface area contributed by atoms with Crippen LogP contribution in [0.1, 0.15) is 40.0 Å². The van der Waals surface area contributed by atoms with Crippen molar-refractivity contribution in [3.8, 4) is 0 Å². The fourth-order valence-electron chi connectivity index (χ4n) is 1.69. The normalized spacial score (nSPS) is 20.0. The highest BCUT2D eigenvalue weighted by Crippen LogP contribution is 2.40. The third kappa shape index (κ3) is 2.52. The van der Waals surface area contributed by atoms with Gasteiger partial charge in [0.25, 0.3) is 0 Å². The predicted octanol–water partition coefficient (Wildman–Crippen LogP) is 1.70. The standard InChI is InChI=1S/C9H17NO/c1-7(2)6-9(4-5-9)10-8(3)11/h7H,4-6H2,1-3H3,(H,10,11). The van der Waals surface area contributed by atoms with E-state index in [0.29, 0.717) is 5.92 Å². The van der Waals surface area contributed by atoms with Gasteiger partial charge in [0.2, 0.25) is 5.91 Å².